The number of hydrogen-bond acceptors (Lipinski definition) is 5. The number of benzene rings is 1. The molecule has 1 aromatic carbocycles. The van der Waals surface area contributed by atoms with Crippen molar-refractivity contribution >= 4 is 5.91 Å². The lowest BCUT2D eigenvalue weighted by atomic mass is 10.1. The van der Waals surface area contributed by atoms with Crippen LogP contribution < -0.4 is 10.6 Å². The molecule has 0 atom stereocenters. The van der Waals surface area contributed by atoms with Crippen LogP contribution in [-0.2, 0) is 6.54 Å². The maximum Gasteiger partial charge on any atom is 0.273 e. The van der Waals surface area contributed by atoms with Crippen molar-refractivity contribution in [1.82, 2.24) is 25.6 Å². The molecule has 1 aliphatic heterocycles. The summed E-state index contributed by atoms with van der Waals surface area (Å²) in [5, 5.41) is 22.5. The summed E-state index contributed by atoms with van der Waals surface area (Å²) in [6.07, 6.45) is 1.67. The zero-order chi connectivity index (χ0) is 14.7. The smallest absolute Gasteiger partial charge is 0.273 e. The van der Waals surface area contributed by atoms with Crippen molar-refractivity contribution in [1.29, 1.82) is 5.26 Å². The van der Waals surface area contributed by atoms with E-state index in [2.05, 4.69) is 27.0 Å². The highest BCUT2D eigenvalue weighted by molar-refractivity contribution is 5.91. The average molecular weight is 282 g/mol. The second-order valence-corrected chi connectivity index (χ2v) is 4.89. The van der Waals surface area contributed by atoms with E-state index in [9.17, 15) is 4.79 Å². The Hall–Kier alpha value is -2.72. The van der Waals surface area contributed by atoms with Crippen LogP contribution in [-0.4, -0.2) is 34.0 Å². The summed E-state index contributed by atoms with van der Waals surface area (Å²) < 4.78 is 1.72. The molecule has 7 nitrogen and oxygen atoms in total. The molecule has 1 fully saturated rings. The molecule has 2 aromatic rings. The van der Waals surface area contributed by atoms with Crippen LogP contribution in [0.25, 0.3) is 0 Å². The Balaban J connectivity index is 1.58. The van der Waals surface area contributed by atoms with Gasteiger partial charge in [-0.3, -0.25) is 4.79 Å². The van der Waals surface area contributed by atoms with Gasteiger partial charge in [0.1, 0.15) is 0 Å². The molecule has 21 heavy (non-hydrogen) atoms. The second-order valence-electron chi connectivity index (χ2n) is 4.89. The highest BCUT2D eigenvalue weighted by atomic mass is 16.2. The molecule has 2 heterocycles. The lowest BCUT2D eigenvalue weighted by Crippen LogP contribution is -2.43. The van der Waals surface area contributed by atoms with Gasteiger partial charge < -0.3 is 10.6 Å². The molecule has 2 N–H and O–H groups in total. The van der Waals surface area contributed by atoms with Gasteiger partial charge in [-0.25, -0.2) is 4.68 Å². The molecule has 0 spiro atoms. The van der Waals surface area contributed by atoms with E-state index in [4.69, 9.17) is 5.26 Å². The van der Waals surface area contributed by atoms with E-state index < -0.39 is 0 Å². The number of hydrogen-bond donors (Lipinski definition) is 2. The normalized spacial score (nSPS) is 14.2. The SMILES string of the molecule is N#Cc1ccc(CNC(=O)c2cn(C3CNC3)nn2)cc1. The highest BCUT2D eigenvalue weighted by Gasteiger charge is 2.21. The third kappa shape index (κ3) is 2.90. The molecule has 0 aliphatic carbocycles. The van der Waals surface area contributed by atoms with Crippen LogP contribution in [0.3, 0.4) is 0 Å². The van der Waals surface area contributed by atoms with E-state index in [1.807, 2.05) is 12.1 Å². The van der Waals surface area contributed by atoms with Crippen LogP contribution in [0.2, 0.25) is 0 Å². The van der Waals surface area contributed by atoms with Gasteiger partial charge in [-0.1, -0.05) is 17.3 Å². The predicted molar refractivity (Wildman–Crippen MR) is 74.3 cm³/mol. The Kier molecular flexibility index (Phi) is 3.62. The summed E-state index contributed by atoms with van der Waals surface area (Å²) >= 11 is 0. The molecule has 1 amide bonds. The van der Waals surface area contributed by atoms with Gasteiger partial charge in [0.25, 0.3) is 5.91 Å². The van der Waals surface area contributed by atoms with Crippen molar-refractivity contribution in [3.8, 4) is 6.07 Å². The minimum atomic E-state index is -0.252. The molecular weight excluding hydrogens is 268 g/mol. The summed E-state index contributed by atoms with van der Waals surface area (Å²) in [6, 6.07) is 9.42. The predicted octanol–water partition coefficient (Wildman–Crippen LogP) is 0.224. The second kappa shape index (κ2) is 5.73. The molecule has 1 aromatic heterocycles. The highest BCUT2D eigenvalue weighted by Crippen LogP contribution is 2.10. The Morgan fingerprint density at radius 3 is 2.81 bits per heavy atom. The number of nitrogens with one attached hydrogen (secondary N) is 2. The van der Waals surface area contributed by atoms with Crippen molar-refractivity contribution in [2.24, 2.45) is 0 Å². The number of nitrogens with zero attached hydrogens (tertiary/aromatic N) is 4. The van der Waals surface area contributed by atoms with Gasteiger partial charge in [-0.15, -0.1) is 5.10 Å². The fraction of sp³-hybridized carbons (Fsp3) is 0.286. The van der Waals surface area contributed by atoms with Gasteiger partial charge in [0, 0.05) is 19.6 Å². The first-order valence-electron chi connectivity index (χ1n) is 6.66. The zero-order valence-corrected chi connectivity index (χ0v) is 11.3. The minimum absolute atomic E-state index is 0.252. The van der Waals surface area contributed by atoms with Gasteiger partial charge in [0.15, 0.2) is 5.69 Å². The minimum Gasteiger partial charge on any atom is -0.347 e. The van der Waals surface area contributed by atoms with E-state index in [-0.39, 0.29) is 11.9 Å². The van der Waals surface area contributed by atoms with Crippen LogP contribution >= 0.6 is 0 Å². The van der Waals surface area contributed by atoms with Crippen LogP contribution in [0.1, 0.15) is 27.7 Å². The Bertz CT molecular complexity index is 680. The van der Waals surface area contributed by atoms with Gasteiger partial charge in [-0.05, 0) is 17.7 Å². The van der Waals surface area contributed by atoms with Crippen LogP contribution in [0, 0.1) is 11.3 Å². The topological polar surface area (TPSA) is 95.6 Å². The van der Waals surface area contributed by atoms with Crippen molar-refractivity contribution in [3.63, 3.8) is 0 Å². The van der Waals surface area contributed by atoms with Crippen molar-refractivity contribution in [3.05, 3.63) is 47.3 Å². The molecule has 0 radical (unpaired) electrons. The standard InChI is InChI=1S/C14H14N6O/c15-5-10-1-3-11(4-2-10)6-17-14(21)13-9-20(19-18-13)12-7-16-8-12/h1-4,9,12,16H,6-8H2,(H,17,21). The van der Waals surface area contributed by atoms with E-state index in [0.717, 1.165) is 18.7 Å². The van der Waals surface area contributed by atoms with Crippen LogP contribution in [0.15, 0.2) is 30.5 Å². The van der Waals surface area contributed by atoms with E-state index >= 15 is 0 Å². The average Bonchev–Trinajstić information content (AvgIpc) is 2.93. The van der Waals surface area contributed by atoms with Gasteiger partial charge in [0.05, 0.1) is 23.9 Å². The van der Waals surface area contributed by atoms with Crippen LogP contribution in [0.5, 0.6) is 0 Å². The van der Waals surface area contributed by atoms with E-state index in [0.29, 0.717) is 17.8 Å². The van der Waals surface area contributed by atoms with Crippen LogP contribution in [0.4, 0.5) is 0 Å². The first-order chi connectivity index (χ1) is 10.3. The molecule has 0 bridgehead atoms. The first kappa shape index (κ1) is 13.3. The third-order valence-electron chi connectivity index (χ3n) is 3.41. The number of aromatic nitrogens is 3. The van der Waals surface area contributed by atoms with Gasteiger partial charge in [0.2, 0.25) is 0 Å². The molecule has 1 saturated heterocycles. The maximum absolute atomic E-state index is 12.0. The first-order valence-corrected chi connectivity index (χ1v) is 6.66. The molecule has 0 saturated carbocycles. The van der Waals surface area contributed by atoms with Gasteiger partial charge in [-0.2, -0.15) is 5.26 Å². The van der Waals surface area contributed by atoms with E-state index in [1.165, 1.54) is 0 Å². The molecule has 0 unspecified atom stereocenters. The number of nitriles is 1. The lowest BCUT2D eigenvalue weighted by Gasteiger charge is -2.26. The zero-order valence-electron chi connectivity index (χ0n) is 11.3. The molecule has 106 valence electrons. The number of carbonyl (C=O) groups is 1. The van der Waals surface area contributed by atoms with Crippen molar-refractivity contribution in [2.45, 2.75) is 12.6 Å². The lowest BCUT2D eigenvalue weighted by molar-refractivity contribution is 0.0946. The van der Waals surface area contributed by atoms with Gasteiger partial charge >= 0.3 is 0 Å². The molecule has 7 heteroatoms. The van der Waals surface area contributed by atoms with E-state index in [1.54, 1.807) is 23.0 Å². The fourth-order valence-corrected chi connectivity index (χ4v) is 1.99. The molecule has 1 aliphatic rings. The maximum atomic E-state index is 12.0. The summed E-state index contributed by atoms with van der Waals surface area (Å²) in [6.45, 7) is 2.10. The monoisotopic (exact) mass is 282 g/mol. The Morgan fingerprint density at radius 1 is 1.43 bits per heavy atom. The summed E-state index contributed by atoms with van der Waals surface area (Å²) in [4.78, 5) is 12.0. The molecule has 3 rings (SSSR count). The van der Waals surface area contributed by atoms with Crippen molar-refractivity contribution in [2.75, 3.05) is 13.1 Å². The fourth-order valence-electron chi connectivity index (χ4n) is 1.99. The molecular formula is C14H14N6O. The third-order valence-corrected chi connectivity index (χ3v) is 3.41. The summed E-state index contributed by atoms with van der Waals surface area (Å²) in [5.74, 6) is -0.252. The Labute approximate surface area is 121 Å². The van der Waals surface area contributed by atoms with Crippen molar-refractivity contribution < 1.29 is 4.79 Å². The largest absolute Gasteiger partial charge is 0.347 e. The quantitative estimate of drug-likeness (QED) is 0.836. The summed E-state index contributed by atoms with van der Waals surface area (Å²) in [7, 11) is 0. The number of carbonyl (C=O) groups excluding carboxylic acids is 1. The summed E-state index contributed by atoms with van der Waals surface area (Å²) in [5.41, 5.74) is 1.84. The number of rotatable bonds is 4. The number of amides is 1. The Morgan fingerprint density at radius 2 is 2.19 bits per heavy atom.